The maximum absolute atomic E-state index is 12.7. The third kappa shape index (κ3) is 3.60. The number of carbonyl (C=O) groups excluding carboxylic acids is 1. The molecule has 1 heterocycles. The minimum absolute atomic E-state index is 0.113. The Morgan fingerprint density at radius 2 is 1.76 bits per heavy atom. The van der Waals surface area contributed by atoms with Crippen LogP contribution in [0.4, 0.5) is 0 Å². The molecule has 1 aromatic carbocycles. The Morgan fingerprint density at radius 3 is 2.38 bits per heavy atom. The highest BCUT2D eigenvalue weighted by molar-refractivity contribution is 7.99. The molecule has 1 atom stereocenters. The van der Waals surface area contributed by atoms with Gasteiger partial charge in [-0.3, -0.25) is 4.79 Å². The first kappa shape index (κ1) is 19.2. The topological polar surface area (TPSA) is 59.8 Å². The maximum Gasteiger partial charge on any atom is 0.230 e. The fourth-order valence-electron chi connectivity index (χ4n) is 6.55. The highest BCUT2D eigenvalue weighted by atomic mass is 32.2. The van der Waals surface area contributed by atoms with E-state index < -0.39 is 0 Å². The normalized spacial score (nSPS) is 31.0. The van der Waals surface area contributed by atoms with Crippen LogP contribution in [0.3, 0.4) is 0 Å². The first-order valence-electron chi connectivity index (χ1n) is 10.9. The summed E-state index contributed by atoms with van der Waals surface area (Å²) >= 11 is 1.47. The molecule has 29 heavy (non-hydrogen) atoms. The van der Waals surface area contributed by atoms with Crippen molar-refractivity contribution < 1.29 is 4.79 Å². The minimum Gasteiger partial charge on any atom is -0.352 e. The van der Waals surface area contributed by atoms with Crippen LogP contribution >= 0.6 is 11.8 Å². The monoisotopic (exact) mass is 410 g/mol. The van der Waals surface area contributed by atoms with E-state index in [4.69, 9.17) is 0 Å². The van der Waals surface area contributed by atoms with Crippen molar-refractivity contribution in [1.82, 2.24) is 20.1 Å². The molecule has 0 spiro atoms. The summed E-state index contributed by atoms with van der Waals surface area (Å²) in [6.45, 7) is 2.24. The van der Waals surface area contributed by atoms with Crippen LogP contribution < -0.4 is 5.32 Å². The molecule has 4 fully saturated rings. The molecular formula is C23H30N4OS. The maximum atomic E-state index is 12.7. The predicted molar refractivity (Wildman–Crippen MR) is 115 cm³/mol. The van der Waals surface area contributed by atoms with Crippen LogP contribution in [0.5, 0.6) is 0 Å². The third-order valence-electron chi connectivity index (χ3n) is 7.58. The summed E-state index contributed by atoms with van der Waals surface area (Å²) in [5.74, 6) is 4.05. The average molecular weight is 411 g/mol. The lowest BCUT2D eigenvalue weighted by molar-refractivity contribution is -0.123. The summed E-state index contributed by atoms with van der Waals surface area (Å²) in [5.41, 5.74) is 1.38. The van der Waals surface area contributed by atoms with Gasteiger partial charge in [0.1, 0.15) is 0 Å². The van der Waals surface area contributed by atoms with Gasteiger partial charge >= 0.3 is 0 Å². The molecule has 0 saturated heterocycles. The molecule has 4 saturated carbocycles. The predicted octanol–water partition coefficient (Wildman–Crippen LogP) is 4.30. The Kier molecular flexibility index (Phi) is 4.93. The number of rotatable bonds is 6. The van der Waals surface area contributed by atoms with Crippen LogP contribution in [0.25, 0.3) is 11.4 Å². The van der Waals surface area contributed by atoms with Crippen molar-refractivity contribution in [2.24, 2.45) is 30.2 Å². The van der Waals surface area contributed by atoms with Gasteiger partial charge in [-0.2, -0.15) is 0 Å². The standard InChI is InChI=1S/C23H30N4OS/c1-15(23-11-16-8-17(12-23)10-18(9-16)13-23)24-20(28)14-29-22-26-25-21(27(22)2)19-6-4-3-5-7-19/h3-7,15-18H,8-14H2,1-2H3,(H,24,28)/t15-,16?,17?,18?,23?/m0/s1. The van der Waals surface area contributed by atoms with Gasteiger partial charge in [0, 0.05) is 18.7 Å². The zero-order valence-electron chi connectivity index (χ0n) is 17.3. The zero-order chi connectivity index (χ0) is 20.0. The molecule has 1 amide bonds. The van der Waals surface area contributed by atoms with Gasteiger partial charge in [-0.05, 0) is 68.6 Å². The molecule has 1 aromatic heterocycles. The van der Waals surface area contributed by atoms with Crippen molar-refractivity contribution in [1.29, 1.82) is 0 Å². The number of hydrogen-bond donors (Lipinski definition) is 1. The highest BCUT2D eigenvalue weighted by Gasteiger charge is 2.53. The largest absolute Gasteiger partial charge is 0.352 e. The van der Waals surface area contributed by atoms with Crippen LogP contribution in [0.2, 0.25) is 0 Å². The van der Waals surface area contributed by atoms with Crippen molar-refractivity contribution >= 4 is 17.7 Å². The highest BCUT2D eigenvalue weighted by Crippen LogP contribution is 2.61. The van der Waals surface area contributed by atoms with Gasteiger partial charge in [0.05, 0.1) is 5.75 Å². The van der Waals surface area contributed by atoms with Gasteiger partial charge in [0.15, 0.2) is 11.0 Å². The fourth-order valence-corrected chi connectivity index (χ4v) is 7.28. The SMILES string of the molecule is C[C@H](NC(=O)CSc1nnc(-c2ccccc2)n1C)C12CC3CC(CC(C3)C1)C2. The van der Waals surface area contributed by atoms with Crippen LogP contribution in [0, 0.1) is 23.2 Å². The first-order chi connectivity index (χ1) is 14.0. The molecule has 1 N–H and O–H groups in total. The molecule has 4 aliphatic carbocycles. The van der Waals surface area contributed by atoms with Gasteiger partial charge in [-0.15, -0.1) is 10.2 Å². The molecular weight excluding hydrogens is 380 g/mol. The average Bonchev–Trinajstić information content (AvgIpc) is 3.06. The summed E-state index contributed by atoms with van der Waals surface area (Å²) in [5, 5.41) is 12.7. The number of benzene rings is 1. The molecule has 154 valence electrons. The van der Waals surface area contributed by atoms with E-state index in [0.29, 0.717) is 11.2 Å². The van der Waals surface area contributed by atoms with E-state index in [1.807, 2.05) is 41.9 Å². The molecule has 0 aliphatic heterocycles. The molecule has 0 radical (unpaired) electrons. The number of amides is 1. The molecule has 6 heteroatoms. The van der Waals surface area contributed by atoms with E-state index in [9.17, 15) is 4.79 Å². The smallest absolute Gasteiger partial charge is 0.230 e. The Balaban J connectivity index is 1.19. The Labute approximate surface area is 177 Å². The van der Waals surface area contributed by atoms with Crippen molar-refractivity contribution in [3.05, 3.63) is 30.3 Å². The van der Waals surface area contributed by atoms with Crippen LogP contribution in [0.1, 0.15) is 45.4 Å². The lowest BCUT2D eigenvalue weighted by Crippen LogP contribution is -2.56. The van der Waals surface area contributed by atoms with Crippen LogP contribution in [0.15, 0.2) is 35.5 Å². The second kappa shape index (κ2) is 7.46. The fraction of sp³-hybridized carbons (Fsp3) is 0.609. The Hall–Kier alpha value is -1.82. The number of nitrogens with zero attached hydrogens (tertiary/aromatic N) is 3. The second-order valence-electron chi connectivity index (χ2n) is 9.59. The molecule has 4 bridgehead atoms. The second-order valence-corrected chi connectivity index (χ2v) is 10.5. The summed E-state index contributed by atoms with van der Waals surface area (Å²) in [6, 6.07) is 10.3. The van der Waals surface area contributed by atoms with E-state index >= 15 is 0 Å². The lowest BCUT2D eigenvalue weighted by Gasteiger charge is -2.59. The Morgan fingerprint density at radius 1 is 1.14 bits per heavy atom. The Bertz CT molecular complexity index is 858. The minimum atomic E-state index is 0.113. The quantitative estimate of drug-likeness (QED) is 0.722. The molecule has 6 rings (SSSR count). The number of aromatic nitrogens is 3. The van der Waals surface area contributed by atoms with Gasteiger partial charge in [0.25, 0.3) is 0 Å². The van der Waals surface area contributed by atoms with Gasteiger partial charge in [-0.1, -0.05) is 42.1 Å². The van der Waals surface area contributed by atoms with E-state index in [-0.39, 0.29) is 11.9 Å². The first-order valence-corrected chi connectivity index (χ1v) is 11.9. The van der Waals surface area contributed by atoms with E-state index in [0.717, 1.165) is 34.3 Å². The summed E-state index contributed by atoms with van der Waals surface area (Å²) < 4.78 is 1.97. The van der Waals surface area contributed by atoms with E-state index in [1.165, 1.54) is 50.3 Å². The molecule has 5 nitrogen and oxygen atoms in total. The number of hydrogen-bond acceptors (Lipinski definition) is 4. The van der Waals surface area contributed by atoms with Crippen molar-refractivity contribution in [3.63, 3.8) is 0 Å². The number of carbonyl (C=O) groups is 1. The summed E-state index contributed by atoms with van der Waals surface area (Å²) in [4.78, 5) is 12.7. The van der Waals surface area contributed by atoms with E-state index in [1.54, 1.807) is 0 Å². The molecule has 0 unspecified atom stereocenters. The van der Waals surface area contributed by atoms with Gasteiger partial charge in [0.2, 0.25) is 5.91 Å². The third-order valence-corrected chi connectivity index (χ3v) is 8.60. The summed E-state index contributed by atoms with van der Waals surface area (Å²) in [7, 11) is 1.96. The van der Waals surface area contributed by atoms with Gasteiger partial charge < -0.3 is 9.88 Å². The van der Waals surface area contributed by atoms with Crippen molar-refractivity contribution in [2.75, 3.05) is 5.75 Å². The number of thioether (sulfide) groups is 1. The van der Waals surface area contributed by atoms with Crippen LogP contribution in [-0.4, -0.2) is 32.5 Å². The van der Waals surface area contributed by atoms with Gasteiger partial charge in [-0.25, -0.2) is 0 Å². The van der Waals surface area contributed by atoms with Crippen molar-refractivity contribution in [2.45, 2.75) is 56.6 Å². The zero-order valence-corrected chi connectivity index (χ0v) is 18.1. The summed E-state index contributed by atoms with van der Waals surface area (Å²) in [6.07, 6.45) is 8.26. The lowest BCUT2D eigenvalue weighted by atomic mass is 9.48. The molecule has 2 aromatic rings. The molecule has 4 aliphatic rings. The number of nitrogens with one attached hydrogen (secondary N) is 1. The van der Waals surface area contributed by atoms with Crippen molar-refractivity contribution in [3.8, 4) is 11.4 Å². The van der Waals surface area contributed by atoms with Crippen LogP contribution in [-0.2, 0) is 11.8 Å². The van der Waals surface area contributed by atoms with E-state index in [2.05, 4.69) is 22.4 Å².